The minimum atomic E-state index is -0.322. The van der Waals surface area contributed by atoms with Crippen LogP contribution in [0.15, 0.2) is 48.7 Å². The minimum absolute atomic E-state index is 0.322. The molecule has 6 nitrogen and oxygen atoms in total. The third kappa shape index (κ3) is 5.11. The molecule has 4 rings (SSSR count). The van der Waals surface area contributed by atoms with Crippen LogP contribution < -0.4 is 14.8 Å². The van der Waals surface area contributed by atoms with E-state index in [9.17, 15) is 4.39 Å². The van der Waals surface area contributed by atoms with Gasteiger partial charge < -0.3 is 14.8 Å². The molecule has 1 aromatic heterocycles. The van der Waals surface area contributed by atoms with E-state index in [1.807, 2.05) is 26.1 Å². The summed E-state index contributed by atoms with van der Waals surface area (Å²) in [6, 6.07) is 12.6. The normalized spacial score (nSPS) is 13.5. The number of para-hydroxylation sites is 1. The largest absolute Gasteiger partial charge is 0.490 e. The maximum Gasteiger partial charge on any atom is 0.227 e. The third-order valence-corrected chi connectivity index (χ3v) is 5.15. The van der Waals surface area contributed by atoms with E-state index in [1.54, 1.807) is 18.2 Å². The lowest BCUT2D eigenvalue weighted by atomic mass is 10.1. The molecule has 0 unspecified atom stereocenters. The fourth-order valence-electron chi connectivity index (χ4n) is 3.70. The van der Waals surface area contributed by atoms with Crippen LogP contribution in [0.1, 0.15) is 30.7 Å². The van der Waals surface area contributed by atoms with Crippen molar-refractivity contribution in [2.24, 2.45) is 0 Å². The molecular formula is C24H27FN4O2. The average molecular weight is 423 g/mol. The van der Waals surface area contributed by atoms with Crippen LogP contribution in [0.3, 0.4) is 0 Å². The smallest absolute Gasteiger partial charge is 0.227 e. The summed E-state index contributed by atoms with van der Waals surface area (Å²) >= 11 is 0. The highest BCUT2D eigenvalue weighted by Crippen LogP contribution is 2.30. The summed E-state index contributed by atoms with van der Waals surface area (Å²) in [6.07, 6.45) is 2.65. The van der Waals surface area contributed by atoms with Crippen LogP contribution in [0.2, 0.25) is 0 Å². The Morgan fingerprint density at radius 2 is 1.87 bits per heavy atom. The standard InChI is InChI=1S/C24H27FN4O2/c1-3-30-22-10-9-17(13-23(22)31-4-2)15-29-12-11-20-18(16-29)14-26-24(27-20)28-21-8-6-5-7-19(21)25/h5-10,13-14H,3-4,11-12,15-16H2,1-2H3,(H,26,27,28). The lowest BCUT2D eigenvalue weighted by molar-refractivity contribution is 0.241. The summed E-state index contributed by atoms with van der Waals surface area (Å²) in [6.45, 7) is 7.61. The number of halogens is 1. The van der Waals surface area contributed by atoms with Crippen LogP contribution in [0.4, 0.5) is 16.0 Å². The van der Waals surface area contributed by atoms with Gasteiger partial charge in [0.15, 0.2) is 11.5 Å². The molecule has 0 amide bonds. The molecule has 0 fully saturated rings. The second-order valence-electron chi connectivity index (χ2n) is 7.38. The first-order chi connectivity index (χ1) is 15.2. The Kier molecular flexibility index (Phi) is 6.62. The first kappa shape index (κ1) is 21.1. The van der Waals surface area contributed by atoms with Gasteiger partial charge in [-0.1, -0.05) is 18.2 Å². The van der Waals surface area contributed by atoms with Crippen LogP contribution in [0.5, 0.6) is 11.5 Å². The van der Waals surface area contributed by atoms with Crippen molar-refractivity contribution >= 4 is 11.6 Å². The molecule has 2 aromatic carbocycles. The van der Waals surface area contributed by atoms with Crippen LogP contribution in [0, 0.1) is 5.82 Å². The summed E-state index contributed by atoms with van der Waals surface area (Å²) in [5.74, 6) is 1.66. The Labute approximate surface area is 182 Å². The van der Waals surface area contributed by atoms with E-state index in [2.05, 4.69) is 32.3 Å². The Morgan fingerprint density at radius 1 is 1.06 bits per heavy atom. The van der Waals surface area contributed by atoms with E-state index < -0.39 is 0 Å². The number of benzene rings is 2. The third-order valence-electron chi connectivity index (χ3n) is 5.15. The number of hydrogen-bond donors (Lipinski definition) is 1. The van der Waals surface area contributed by atoms with E-state index in [0.717, 1.165) is 48.8 Å². The molecule has 7 heteroatoms. The first-order valence-corrected chi connectivity index (χ1v) is 10.6. The van der Waals surface area contributed by atoms with Crippen molar-refractivity contribution in [1.29, 1.82) is 0 Å². The number of aromatic nitrogens is 2. The van der Waals surface area contributed by atoms with Gasteiger partial charge >= 0.3 is 0 Å². The summed E-state index contributed by atoms with van der Waals surface area (Å²) in [5.41, 5.74) is 3.66. The fourth-order valence-corrected chi connectivity index (χ4v) is 3.70. The molecule has 0 aliphatic carbocycles. The van der Waals surface area contributed by atoms with Crippen LogP contribution in [-0.4, -0.2) is 34.6 Å². The van der Waals surface area contributed by atoms with Gasteiger partial charge in [0.05, 0.1) is 24.6 Å². The lowest BCUT2D eigenvalue weighted by Gasteiger charge is -2.28. The molecule has 3 aromatic rings. The maximum atomic E-state index is 13.9. The molecule has 31 heavy (non-hydrogen) atoms. The van der Waals surface area contributed by atoms with Crippen molar-refractivity contribution in [2.45, 2.75) is 33.4 Å². The highest BCUT2D eigenvalue weighted by atomic mass is 19.1. The Morgan fingerprint density at radius 3 is 2.68 bits per heavy atom. The number of anilines is 2. The summed E-state index contributed by atoms with van der Waals surface area (Å²) in [5, 5.41) is 2.97. The van der Waals surface area contributed by atoms with E-state index in [4.69, 9.17) is 9.47 Å². The number of ether oxygens (including phenoxy) is 2. The number of nitrogens with zero attached hydrogens (tertiary/aromatic N) is 3. The van der Waals surface area contributed by atoms with Gasteiger partial charge in [-0.3, -0.25) is 4.90 Å². The highest BCUT2D eigenvalue weighted by Gasteiger charge is 2.19. The zero-order valence-electron chi connectivity index (χ0n) is 17.9. The average Bonchev–Trinajstić information content (AvgIpc) is 2.77. The topological polar surface area (TPSA) is 59.5 Å². The molecule has 0 spiro atoms. The monoisotopic (exact) mass is 422 g/mol. The highest BCUT2D eigenvalue weighted by molar-refractivity contribution is 5.54. The molecule has 2 heterocycles. The van der Waals surface area contributed by atoms with E-state index in [1.165, 1.54) is 11.6 Å². The molecule has 0 saturated heterocycles. The van der Waals surface area contributed by atoms with E-state index in [0.29, 0.717) is 24.8 Å². The van der Waals surface area contributed by atoms with Crippen molar-refractivity contribution in [2.75, 3.05) is 25.1 Å². The molecule has 1 aliphatic rings. The maximum absolute atomic E-state index is 13.9. The van der Waals surface area contributed by atoms with E-state index >= 15 is 0 Å². The van der Waals surface area contributed by atoms with Gasteiger partial charge in [0, 0.05) is 37.8 Å². The minimum Gasteiger partial charge on any atom is -0.490 e. The van der Waals surface area contributed by atoms with Gasteiger partial charge in [0.1, 0.15) is 5.82 Å². The van der Waals surface area contributed by atoms with Crippen molar-refractivity contribution < 1.29 is 13.9 Å². The molecule has 1 N–H and O–H groups in total. The molecular weight excluding hydrogens is 395 g/mol. The zero-order chi connectivity index (χ0) is 21.6. The Bertz CT molecular complexity index is 1040. The first-order valence-electron chi connectivity index (χ1n) is 10.6. The number of nitrogens with one attached hydrogen (secondary N) is 1. The summed E-state index contributed by atoms with van der Waals surface area (Å²) in [7, 11) is 0. The van der Waals surface area contributed by atoms with Gasteiger partial charge in [-0.2, -0.15) is 0 Å². The quantitative estimate of drug-likeness (QED) is 0.567. The van der Waals surface area contributed by atoms with Crippen molar-refractivity contribution in [3.05, 3.63) is 71.3 Å². The van der Waals surface area contributed by atoms with Crippen LogP contribution in [-0.2, 0) is 19.5 Å². The predicted octanol–water partition coefficient (Wildman–Crippen LogP) is 4.72. The number of fused-ring (bicyclic) bond motifs is 1. The van der Waals surface area contributed by atoms with Crippen LogP contribution in [0.25, 0.3) is 0 Å². The predicted molar refractivity (Wildman–Crippen MR) is 118 cm³/mol. The molecule has 1 aliphatic heterocycles. The van der Waals surface area contributed by atoms with Crippen molar-refractivity contribution in [3.8, 4) is 11.5 Å². The van der Waals surface area contributed by atoms with Gasteiger partial charge in [0.25, 0.3) is 0 Å². The van der Waals surface area contributed by atoms with Gasteiger partial charge in [-0.05, 0) is 43.7 Å². The lowest BCUT2D eigenvalue weighted by Crippen LogP contribution is -2.31. The molecule has 0 atom stereocenters. The van der Waals surface area contributed by atoms with Gasteiger partial charge in [-0.15, -0.1) is 0 Å². The van der Waals surface area contributed by atoms with Crippen molar-refractivity contribution in [3.63, 3.8) is 0 Å². The number of hydrogen-bond acceptors (Lipinski definition) is 6. The van der Waals surface area contributed by atoms with E-state index in [-0.39, 0.29) is 5.82 Å². The zero-order valence-corrected chi connectivity index (χ0v) is 17.9. The Hall–Kier alpha value is -3.19. The van der Waals surface area contributed by atoms with Gasteiger partial charge in [-0.25, -0.2) is 14.4 Å². The second kappa shape index (κ2) is 9.75. The summed E-state index contributed by atoms with van der Waals surface area (Å²) in [4.78, 5) is 11.4. The molecule has 0 radical (unpaired) electrons. The fraction of sp³-hybridized carbons (Fsp3) is 0.333. The van der Waals surface area contributed by atoms with Crippen molar-refractivity contribution in [1.82, 2.24) is 14.9 Å². The molecule has 0 saturated carbocycles. The summed E-state index contributed by atoms with van der Waals surface area (Å²) < 4.78 is 25.3. The molecule has 0 bridgehead atoms. The molecule has 162 valence electrons. The number of rotatable bonds is 8. The van der Waals surface area contributed by atoms with Gasteiger partial charge in [0.2, 0.25) is 5.95 Å². The van der Waals surface area contributed by atoms with Crippen LogP contribution >= 0.6 is 0 Å². The second-order valence-corrected chi connectivity index (χ2v) is 7.38. The SMILES string of the molecule is CCOc1ccc(CN2CCc3nc(Nc4ccccc4F)ncc3C2)cc1OCC. The Balaban J connectivity index is 1.43.